The minimum Gasteiger partial charge on any atom is -0.350 e. The van der Waals surface area contributed by atoms with Crippen LogP contribution < -0.4 is 5.32 Å². The van der Waals surface area contributed by atoms with Crippen LogP contribution in [0, 0.1) is 5.82 Å². The standard InChI is InChI=1S/C17H16FN3O3S/c1-21(11-16(22)19-10-12-5-4-6-13(18)9-12)17-14-7-2-3-8-15(14)25(23,24)20-17/h2-9H,10-11H2,1H3,(H,19,22). The highest BCUT2D eigenvalue weighted by molar-refractivity contribution is 7.90. The highest BCUT2D eigenvalue weighted by Crippen LogP contribution is 2.26. The van der Waals surface area contributed by atoms with E-state index in [-0.39, 0.29) is 35.5 Å². The molecule has 1 aliphatic rings. The summed E-state index contributed by atoms with van der Waals surface area (Å²) >= 11 is 0. The van der Waals surface area contributed by atoms with E-state index in [4.69, 9.17) is 0 Å². The molecule has 2 aromatic rings. The van der Waals surface area contributed by atoms with Crippen molar-refractivity contribution in [2.45, 2.75) is 11.4 Å². The number of halogens is 1. The monoisotopic (exact) mass is 361 g/mol. The molecule has 0 radical (unpaired) electrons. The maximum Gasteiger partial charge on any atom is 0.285 e. The van der Waals surface area contributed by atoms with Crippen molar-refractivity contribution in [3.8, 4) is 0 Å². The van der Waals surface area contributed by atoms with Crippen LogP contribution in [-0.4, -0.2) is 38.7 Å². The van der Waals surface area contributed by atoms with E-state index in [1.165, 1.54) is 23.1 Å². The summed E-state index contributed by atoms with van der Waals surface area (Å²) in [5.74, 6) is -0.460. The van der Waals surface area contributed by atoms with Crippen molar-refractivity contribution in [3.63, 3.8) is 0 Å². The molecule has 0 spiro atoms. The van der Waals surface area contributed by atoms with Crippen LogP contribution in [-0.2, 0) is 21.4 Å². The Bertz CT molecular complexity index is 957. The number of nitrogens with zero attached hydrogens (tertiary/aromatic N) is 2. The third kappa shape index (κ3) is 3.69. The lowest BCUT2D eigenvalue weighted by atomic mass is 10.2. The molecule has 3 rings (SSSR count). The van der Waals surface area contributed by atoms with E-state index in [9.17, 15) is 17.6 Å². The Balaban J connectivity index is 1.66. The topological polar surface area (TPSA) is 78.8 Å². The van der Waals surface area contributed by atoms with Gasteiger partial charge in [-0.2, -0.15) is 8.42 Å². The van der Waals surface area contributed by atoms with E-state index in [2.05, 4.69) is 9.71 Å². The molecule has 0 atom stereocenters. The van der Waals surface area contributed by atoms with Gasteiger partial charge in [-0.1, -0.05) is 24.3 Å². The van der Waals surface area contributed by atoms with E-state index in [0.717, 1.165) is 0 Å². The second-order valence-electron chi connectivity index (χ2n) is 5.65. The second-order valence-corrected chi connectivity index (χ2v) is 7.22. The quantitative estimate of drug-likeness (QED) is 0.896. The average molecular weight is 361 g/mol. The van der Waals surface area contributed by atoms with Gasteiger partial charge < -0.3 is 10.2 Å². The Hall–Kier alpha value is -2.74. The van der Waals surface area contributed by atoms with Crippen molar-refractivity contribution < 1.29 is 17.6 Å². The van der Waals surface area contributed by atoms with Gasteiger partial charge in [-0.25, -0.2) is 4.39 Å². The Morgan fingerprint density at radius 3 is 2.72 bits per heavy atom. The predicted octanol–water partition coefficient (Wildman–Crippen LogP) is 1.52. The van der Waals surface area contributed by atoms with Crippen molar-refractivity contribution in [1.29, 1.82) is 0 Å². The normalized spacial score (nSPS) is 14.6. The summed E-state index contributed by atoms with van der Waals surface area (Å²) < 4.78 is 41.0. The van der Waals surface area contributed by atoms with E-state index < -0.39 is 10.0 Å². The number of rotatable bonds is 4. The Morgan fingerprint density at radius 1 is 1.20 bits per heavy atom. The van der Waals surface area contributed by atoms with E-state index in [0.29, 0.717) is 11.1 Å². The zero-order chi connectivity index (χ0) is 18.0. The van der Waals surface area contributed by atoms with Gasteiger partial charge in [0, 0.05) is 19.2 Å². The van der Waals surface area contributed by atoms with Crippen LogP contribution >= 0.6 is 0 Å². The number of hydrogen-bond acceptors (Lipinski definition) is 4. The SMILES string of the molecule is CN(CC(=O)NCc1cccc(F)c1)C1=NS(=O)(=O)c2ccccc21. The number of carbonyl (C=O) groups is 1. The lowest BCUT2D eigenvalue weighted by molar-refractivity contribution is -0.121. The molecule has 1 N–H and O–H groups in total. The largest absolute Gasteiger partial charge is 0.350 e. The van der Waals surface area contributed by atoms with Gasteiger partial charge in [-0.15, -0.1) is 4.40 Å². The maximum absolute atomic E-state index is 13.1. The van der Waals surface area contributed by atoms with Crippen LogP contribution in [0.5, 0.6) is 0 Å². The first-order valence-corrected chi connectivity index (χ1v) is 8.97. The summed E-state index contributed by atoms with van der Waals surface area (Å²) in [5, 5.41) is 2.67. The molecule has 1 aliphatic heterocycles. The first kappa shape index (κ1) is 17.1. The van der Waals surface area contributed by atoms with Gasteiger partial charge in [0.2, 0.25) is 5.91 Å². The van der Waals surface area contributed by atoms with E-state index in [1.54, 1.807) is 37.4 Å². The zero-order valence-corrected chi connectivity index (χ0v) is 14.3. The van der Waals surface area contributed by atoms with Gasteiger partial charge in [0.1, 0.15) is 10.7 Å². The molecule has 0 aliphatic carbocycles. The summed E-state index contributed by atoms with van der Waals surface area (Å²) in [6.45, 7) is 0.115. The molecule has 0 unspecified atom stereocenters. The highest BCUT2D eigenvalue weighted by atomic mass is 32.2. The van der Waals surface area contributed by atoms with Crippen molar-refractivity contribution in [2.75, 3.05) is 13.6 Å². The molecule has 8 heteroatoms. The van der Waals surface area contributed by atoms with Crippen LogP contribution in [0.15, 0.2) is 57.8 Å². The first-order valence-electron chi connectivity index (χ1n) is 7.53. The lowest BCUT2D eigenvalue weighted by Crippen LogP contribution is -2.38. The third-order valence-corrected chi connectivity index (χ3v) is 5.06. The van der Waals surface area contributed by atoms with Crippen molar-refractivity contribution in [3.05, 3.63) is 65.5 Å². The van der Waals surface area contributed by atoms with Gasteiger partial charge >= 0.3 is 0 Å². The van der Waals surface area contributed by atoms with Crippen LogP contribution in [0.25, 0.3) is 0 Å². The molecule has 0 bridgehead atoms. The van der Waals surface area contributed by atoms with Gasteiger partial charge in [-0.3, -0.25) is 4.79 Å². The Labute approximate surface area is 145 Å². The molecule has 2 aromatic carbocycles. The second kappa shape index (κ2) is 6.64. The summed E-state index contributed by atoms with van der Waals surface area (Å²) in [5.41, 5.74) is 1.12. The van der Waals surface area contributed by atoms with Crippen LogP contribution in [0.4, 0.5) is 4.39 Å². The fourth-order valence-electron chi connectivity index (χ4n) is 2.56. The van der Waals surface area contributed by atoms with Gasteiger partial charge in [0.15, 0.2) is 5.84 Å². The van der Waals surface area contributed by atoms with Gasteiger partial charge in [0.05, 0.1) is 6.54 Å². The third-order valence-electron chi connectivity index (χ3n) is 3.73. The van der Waals surface area contributed by atoms with Crippen molar-refractivity contribution >= 4 is 21.8 Å². The molecule has 0 fully saturated rings. The summed E-state index contributed by atoms with van der Waals surface area (Å²) in [7, 11) is -2.13. The van der Waals surface area contributed by atoms with Crippen LogP contribution in [0.2, 0.25) is 0 Å². The Kier molecular flexibility index (Phi) is 4.54. The molecule has 0 aromatic heterocycles. The van der Waals surface area contributed by atoms with Gasteiger partial charge in [0.25, 0.3) is 10.0 Å². The minimum absolute atomic E-state index is 0.0714. The maximum atomic E-state index is 13.1. The summed E-state index contributed by atoms with van der Waals surface area (Å²) in [6, 6.07) is 12.4. The molecule has 25 heavy (non-hydrogen) atoms. The first-order chi connectivity index (χ1) is 11.9. The number of carbonyl (C=O) groups excluding carboxylic acids is 1. The fraction of sp³-hybridized carbons (Fsp3) is 0.176. The number of hydrogen-bond donors (Lipinski definition) is 1. The van der Waals surface area contributed by atoms with E-state index in [1.807, 2.05) is 0 Å². The van der Waals surface area contributed by atoms with Crippen molar-refractivity contribution in [2.24, 2.45) is 4.40 Å². The fourth-order valence-corrected chi connectivity index (χ4v) is 3.81. The molecule has 130 valence electrons. The number of amidine groups is 1. The molecule has 6 nitrogen and oxygen atoms in total. The Morgan fingerprint density at radius 2 is 1.96 bits per heavy atom. The number of amides is 1. The molecule has 1 heterocycles. The molecular weight excluding hydrogens is 345 g/mol. The highest BCUT2D eigenvalue weighted by Gasteiger charge is 2.30. The smallest absolute Gasteiger partial charge is 0.285 e. The zero-order valence-electron chi connectivity index (χ0n) is 13.4. The minimum atomic E-state index is -3.72. The molecular formula is C17H16FN3O3S. The van der Waals surface area contributed by atoms with Crippen molar-refractivity contribution in [1.82, 2.24) is 10.2 Å². The van der Waals surface area contributed by atoms with Crippen LogP contribution in [0.1, 0.15) is 11.1 Å². The molecule has 0 saturated heterocycles. The number of benzene rings is 2. The number of sulfonamides is 1. The molecule has 1 amide bonds. The number of likely N-dealkylation sites (N-methyl/N-ethyl adjacent to an activating group) is 1. The lowest BCUT2D eigenvalue weighted by Gasteiger charge is -2.18. The summed E-state index contributed by atoms with van der Waals surface area (Å²) in [6.07, 6.45) is 0. The van der Waals surface area contributed by atoms with E-state index >= 15 is 0 Å². The number of fused-ring (bicyclic) bond motifs is 1. The van der Waals surface area contributed by atoms with Crippen LogP contribution in [0.3, 0.4) is 0 Å². The van der Waals surface area contributed by atoms with Gasteiger partial charge in [-0.05, 0) is 29.8 Å². The average Bonchev–Trinajstić information content (AvgIpc) is 2.85. The number of nitrogens with one attached hydrogen (secondary N) is 1. The molecule has 0 saturated carbocycles. The summed E-state index contributed by atoms with van der Waals surface area (Å²) in [4.78, 5) is 13.7. The predicted molar refractivity (Wildman–Crippen MR) is 91.0 cm³/mol.